The number of nitrogens with two attached hydrogens (primary N) is 1. The minimum absolute atomic E-state index is 0.540. The molecular formula is C8H5F5N2O3S. The molecule has 106 valence electrons. The van der Waals surface area contributed by atoms with Gasteiger partial charge < -0.3 is 5.73 Å². The van der Waals surface area contributed by atoms with Crippen molar-refractivity contribution < 1.29 is 36.0 Å². The standard InChI is InChI=1S/C8H5F5N2O3S/c9-3-1-2-4(15-19(17)8(10,11)12)6(18-13)5(3)7(14)16/h1-2,15H,(H2,14,16). The largest absolute Gasteiger partial charge is 0.490 e. The van der Waals surface area contributed by atoms with Crippen LogP contribution in [0.2, 0.25) is 0 Å². The van der Waals surface area contributed by atoms with Gasteiger partial charge in [-0.1, -0.05) is 0 Å². The summed E-state index contributed by atoms with van der Waals surface area (Å²) in [6, 6.07) is 1.15. The molecule has 1 aromatic carbocycles. The molecule has 5 nitrogen and oxygen atoms in total. The monoisotopic (exact) mass is 304 g/mol. The van der Waals surface area contributed by atoms with Crippen molar-refractivity contribution in [2.45, 2.75) is 5.51 Å². The molecule has 1 aromatic rings. The molecule has 0 heterocycles. The van der Waals surface area contributed by atoms with Crippen molar-refractivity contribution in [1.82, 2.24) is 0 Å². The number of hydrogen-bond donors (Lipinski definition) is 2. The Morgan fingerprint density at radius 2 is 1.95 bits per heavy atom. The van der Waals surface area contributed by atoms with Crippen LogP contribution in [0.1, 0.15) is 10.4 Å². The Kier molecular flexibility index (Phi) is 4.29. The summed E-state index contributed by atoms with van der Waals surface area (Å²) < 4.78 is 73.6. The van der Waals surface area contributed by atoms with E-state index in [9.17, 15) is 31.1 Å². The lowest BCUT2D eigenvalue weighted by Gasteiger charge is -2.12. The molecule has 0 radical (unpaired) electrons. The fraction of sp³-hybridized carbons (Fsp3) is 0.125. The summed E-state index contributed by atoms with van der Waals surface area (Å²) in [5.41, 5.74) is -2.36. The Morgan fingerprint density at radius 1 is 1.37 bits per heavy atom. The molecule has 1 rings (SSSR count). The number of halogens is 5. The van der Waals surface area contributed by atoms with Crippen molar-refractivity contribution in [1.29, 1.82) is 0 Å². The van der Waals surface area contributed by atoms with E-state index < -0.39 is 45.2 Å². The molecule has 0 aromatic heterocycles. The summed E-state index contributed by atoms with van der Waals surface area (Å²) in [5, 5.41) is 0. The van der Waals surface area contributed by atoms with Crippen LogP contribution in [0.15, 0.2) is 12.1 Å². The van der Waals surface area contributed by atoms with Crippen LogP contribution in [0.4, 0.5) is 27.8 Å². The zero-order chi connectivity index (χ0) is 14.8. The van der Waals surface area contributed by atoms with E-state index in [1.165, 1.54) is 4.72 Å². The second-order valence-corrected chi connectivity index (χ2v) is 4.26. The van der Waals surface area contributed by atoms with Crippen molar-refractivity contribution in [3.8, 4) is 5.75 Å². The van der Waals surface area contributed by atoms with E-state index in [2.05, 4.69) is 4.94 Å². The van der Waals surface area contributed by atoms with Crippen LogP contribution in [0.5, 0.6) is 5.75 Å². The molecule has 1 unspecified atom stereocenters. The van der Waals surface area contributed by atoms with Crippen LogP contribution in [-0.2, 0) is 11.0 Å². The minimum Gasteiger partial charge on any atom is -0.365 e. The van der Waals surface area contributed by atoms with E-state index in [1.807, 2.05) is 0 Å². The van der Waals surface area contributed by atoms with Crippen LogP contribution < -0.4 is 15.4 Å². The summed E-state index contributed by atoms with van der Waals surface area (Å²) in [5.74, 6) is -3.99. The predicted molar refractivity (Wildman–Crippen MR) is 54.5 cm³/mol. The summed E-state index contributed by atoms with van der Waals surface area (Å²) in [4.78, 5) is 14.0. The highest BCUT2D eigenvalue weighted by Gasteiger charge is 2.38. The summed E-state index contributed by atoms with van der Waals surface area (Å²) in [6.45, 7) is 0. The quantitative estimate of drug-likeness (QED) is 0.832. The van der Waals surface area contributed by atoms with Crippen LogP contribution in [-0.4, -0.2) is 15.6 Å². The highest BCUT2D eigenvalue weighted by molar-refractivity contribution is 7.87. The van der Waals surface area contributed by atoms with E-state index in [1.54, 1.807) is 0 Å². The molecule has 0 bridgehead atoms. The Bertz CT molecular complexity index is 534. The molecule has 0 aliphatic heterocycles. The number of amides is 1. The molecule has 0 fully saturated rings. The maximum Gasteiger partial charge on any atom is 0.490 e. The number of rotatable bonds is 4. The molecule has 0 saturated carbocycles. The van der Waals surface area contributed by atoms with Crippen molar-refractivity contribution >= 4 is 22.6 Å². The highest BCUT2D eigenvalue weighted by atomic mass is 32.2. The topological polar surface area (TPSA) is 81.4 Å². The first-order valence-corrected chi connectivity index (χ1v) is 5.49. The average molecular weight is 304 g/mol. The normalized spacial score (nSPS) is 12.9. The molecule has 0 spiro atoms. The van der Waals surface area contributed by atoms with Gasteiger partial charge in [-0.15, -0.1) is 0 Å². The number of anilines is 1. The number of benzene rings is 1. The third kappa shape index (κ3) is 3.30. The lowest BCUT2D eigenvalue weighted by molar-refractivity contribution is -0.0379. The van der Waals surface area contributed by atoms with Gasteiger partial charge in [-0.05, 0) is 12.1 Å². The molecule has 1 atom stereocenters. The molecule has 1 amide bonds. The van der Waals surface area contributed by atoms with Gasteiger partial charge >= 0.3 is 5.51 Å². The van der Waals surface area contributed by atoms with Gasteiger partial charge in [-0.2, -0.15) is 13.2 Å². The molecule has 3 N–H and O–H groups in total. The Hall–Kier alpha value is -1.91. The average Bonchev–Trinajstić information content (AvgIpc) is 2.28. The van der Waals surface area contributed by atoms with E-state index in [4.69, 9.17) is 5.73 Å². The van der Waals surface area contributed by atoms with Crippen molar-refractivity contribution in [2.75, 3.05) is 4.72 Å². The maximum atomic E-state index is 13.2. The van der Waals surface area contributed by atoms with Crippen molar-refractivity contribution in [3.63, 3.8) is 0 Å². The zero-order valence-corrected chi connectivity index (χ0v) is 9.57. The lowest BCUT2D eigenvalue weighted by Crippen LogP contribution is -2.24. The van der Waals surface area contributed by atoms with Gasteiger partial charge in [0.05, 0.1) is 5.69 Å². The lowest BCUT2D eigenvalue weighted by atomic mass is 10.1. The smallest absolute Gasteiger partial charge is 0.365 e. The van der Waals surface area contributed by atoms with Crippen LogP contribution in [0, 0.1) is 5.82 Å². The minimum atomic E-state index is -5.14. The fourth-order valence-corrected chi connectivity index (χ4v) is 1.58. The van der Waals surface area contributed by atoms with Crippen LogP contribution in [0.3, 0.4) is 0 Å². The summed E-state index contributed by atoms with van der Waals surface area (Å²) in [7, 11) is -3.60. The van der Waals surface area contributed by atoms with Gasteiger partial charge in [-0.25, -0.2) is 8.60 Å². The van der Waals surface area contributed by atoms with Crippen LogP contribution >= 0.6 is 0 Å². The van der Waals surface area contributed by atoms with Gasteiger partial charge in [0.25, 0.3) is 5.91 Å². The third-order valence-electron chi connectivity index (χ3n) is 1.84. The number of primary amides is 1. The van der Waals surface area contributed by atoms with Crippen LogP contribution in [0.25, 0.3) is 0 Å². The van der Waals surface area contributed by atoms with Gasteiger partial charge in [0.2, 0.25) is 16.7 Å². The zero-order valence-electron chi connectivity index (χ0n) is 8.75. The first-order valence-electron chi connectivity index (χ1n) is 4.34. The second kappa shape index (κ2) is 5.38. The number of carbonyl (C=O) groups is 1. The highest BCUT2D eigenvalue weighted by Crippen LogP contribution is 2.33. The first-order chi connectivity index (χ1) is 8.68. The van der Waals surface area contributed by atoms with Crippen molar-refractivity contribution in [2.24, 2.45) is 5.73 Å². The van der Waals surface area contributed by atoms with Gasteiger partial charge in [0.15, 0.2) is 0 Å². The van der Waals surface area contributed by atoms with Gasteiger partial charge in [0, 0.05) is 4.53 Å². The predicted octanol–water partition coefficient (Wildman–Crippen LogP) is 1.78. The van der Waals surface area contributed by atoms with E-state index in [0.717, 1.165) is 0 Å². The number of carbonyl (C=O) groups excluding carboxylic acids is 1. The molecule has 19 heavy (non-hydrogen) atoms. The Morgan fingerprint density at radius 3 is 2.37 bits per heavy atom. The SMILES string of the molecule is NC(=O)c1c(F)ccc(NS(=O)C(F)(F)F)c1OF. The van der Waals surface area contributed by atoms with Gasteiger partial charge in [-0.3, -0.25) is 14.5 Å². The van der Waals surface area contributed by atoms with Crippen molar-refractivity contribution in [3.05, 3.63) is 23.5 Å². The summed E-state index contributed by atoms with van der Waals surface area (Å²) in [6.07, 6.45) is 0. The molecule has 0 aliphatic rings. The number of hydrogen-bond acceptors (Lipinski definition) is 3. The number of alkyl halides is 3. The first kappa shape index (κ1) is 15.1. The second-order valence-electron chi connectivity index (χ2n) is 3.06. The molecular weight excluding hydrogens is 299 g/mol. The fourth-order valence-electron chi connectivity index (χ4n) is 1.11. The third-order valence-corrected chi connectivity index (χ3v) is 2.67. The van der Waals surface area contributed by atoms with Gasteiger partial charge in [0.1, 0.15) is 11.4 Å². The molecule has 0 saturated heterocycles. The molecule has 11 heteroatoms. The Balaban J connectivity index is 3.27. The Labute approximate surface area is 105 Å². The molecule has 0 aliphatic carbocycles. The van der Waals surface area contributed by atoms with E-state index in [0.29, 0.717) is 12.1 Å². The maximum absolute atomic E-state index is 13.2. The number of nitrogens with one attached hydrogen (secondary N) is 1. The van der Waals surface area contributed by atoms with E-state index in [-0.39, 0.29) is 0 Å². The summed E-state index contributed by atoms with van der Waals surface area (Å²) >= 11 is 0. The van der Waals surface area contributed by atoms with E-state index >= 15 is 0 Å².